The maximum absolute atomic E-state index is 11.9. The van der Waals surface area contributed by atoms with E-state index in [9.17, 15) is 4.79 Å². The van der Waals surface area contributed by atoms with Crippen LogP contribution < -0.4 is 4.57 Å². The molecule has 0 unspecified atom stereocenters. The summed E-state index contributed by atoms with van der Waals surface area (Å²) in [6.45, 7) is 0.390. The van der Waals surface area contributed by atoms with E-state index >= 15 is 0 Å². The lowest BCUT2D eigenvalue weighted by molar-refractivity contribution is -0.683. The summed E-state index contributed by atoms with van der Waals surface area (Å²) in [5.41, 5.74) is 0.758. The number of Topliss-reactive ketones (excluding diaryl/α,β-unsaturated/α-hetero) is 1. The van der Waals surface area contributed by atoms with Gasteiger partial charge in [0.05, 0.1) is 0 Å². The third-order valence-electron chi connectivity index (χ3n) is 2.27. The maximum Gasteiger partial charge on any atom is 0.227 e. The predicted octanol–water partition coefficient (Wildman–Crippen LogP) is 2.46. The van der Waals surface area contributed by atoms with E-state index in [1.54, 1.807) is 0 Å². The van der Waals surface area contributed by atoms with Gasteiger partial charge in [-0.2, -0.15) is 4.57 Å². The van der Waals surface area contributed by atoms with Gasteiger partial charge in [-0.25, -0.2) is 0 Å². The van der Waals surface area contributed by atoms with E-state index in [1.165, 1.54) is 3.57 Å². The molecular weight excluding hydrogens is 313 g/mol. The van der Waals surface area contributed by atoms with Crippen molar-refractivity contribution in [1.82, 2.24) is 0 Å². The summed E-state index contributed by atoms with van der Waals surface area (Å²) in [5.74, 6) is 0.131. The zero-order valence-electron chi connectivity index (χ0n) is 8.64. The van der Waals surface area contributed by atoms with E-state index < -0.39 is 0 Å². The molecule has 3 heteroatoms. The molecule has 2 nitrogen and oxygen atoms in total. The fourth-order valence-corrected chi connectivity index (χ4v) is 1.75. The van der Waals surface area contributed by atoms with Gasteiger partial charge in [-0.15, -0.1) is 0 Å². The minimum Gasteiger partial charge on any atom is -0.287 e. The van der Waals surface area contributed by atoms with Crippen LogP contribution in [0.4, 0.5) is 0 Å². The van der Waals surface area contributed by atoms with Crippen LogP contribution in [0.15, 0.2) is 54.9 Å². The number of carbonyl (C=O) groups is 1. The highest BCUT2D eigenvalue weighted by molar-refractivity contribution is 14.1. The van der Waals surface area contributed by atoms with Gasteiger partial charge in [0, 0.05) is 21.3 Å². The quantitative estimate of drug-likeness (QED) is 0.483. The van der Waals surface area contributed by atoms with Gasteiger partial charge in [-0.05, 0) is 22.6 Å². The van der Waals surface area contributed by atoms with Crippen molar-refractivity contribution < 1.29 is 9.36 Å². The van der Waals surface area contributed by atoms with Crippen LogP contribution in [-0.4, -0.2) is 5.78 Å². The number of carbonyl (C=O) groups excluding carboxylic acids is 1. The smallest absolute Gasteiger partial charge is 0.227 e. The van der Waals surface area contributed by atoms with Crippen molar-refractivity contribution in [2.75, 3.05) is 0 Å². The predicted molar refractivity (Wildman–Crippen MR) is 70.1 cm³/mol. The van der Waals surface area contributed by atoms with Crippen LogP contribution in [0.2, 0.25) is 0 Å². The summed E-state index contributed by atoms with van der Waals surface area (Å²) in [6, 6.07) is 13.3. The first-order valence-corrected chi connectivity index (χ1v) is 6.06. The van der Waals surface area contributed by atoms with E-state index in [1.807, 2.05) is 59.4 Å². The van der Waals surface area contributed by atoms with E-state index in [2.05, 4.69) is 22.6 Å². The molecule has 0 radical (unpaired) electrons. The van der Waals surface area contributed by atoms with Crippen molar-refractivity contribution in [3.05, 3.63) is 64.0 Å². The molecule has 0 aliphatic carbocycles. The normalized spacial score (nSPS) is 10.1. The Hall–Kier alpha value is -1.23. The Morgan fingerprint density at radius 3 is 2.31 bits per heavy atom. The zero-order valence-corrected chi connectivity index (χ0v) is 10.8. The Bertz CT molecular complexity index is 479. The van der Waals surface area contributed by atoms with Crippen LogP contribution in [0.5, 0.6) is 0 Å². The molecule has 0 spiro atoms. The lowest BCUT2D eigenvalue weighted by Crippen LogP contribution is -2.37. The van der Waals surface area contributed by atoms with Gasteiger partial charge in [0.1, 0.15) is 0 Å². The van der Waals surface area contributed by atoms with Crippen molar-refractivity contribution in [2.24, 2.45) is 0 Å². The minimum atomic E-state index is 0.131. The van der Waals surface area contributed by atoms with Crippen molar-refractivity contribution in [1.29, 1.82) is 0 Å². The maximum atomic E-state index is 11.9. The number of ketones is 1. The van der Waals surface area contributed by atoms with Gasteiger partial charge in [0.25, 0.3) is 0 Å². The third-order valence-corrected chi connectivity index (χ3v) is 2.99. The molecule has 0 amide bonds. The van der Waals surface area contributed by atoms with Crippen molar-refractivity contribution in [3.63, 3.8) is 0 Å². The number of pyridine rings is 1. The standard InChI is InChI=1S/C13H11INO/c14-12-6-8-15(9-7-12)10-13(16)11-4-2-1-3-5-11/h1-9H,10H2/q+1. The average molecular weight is 324 g/mol. The summed E-state index contributed by atoms with van der Waals surface area (Å²) in [7, 11) is 0. The Morgan fingerprint density at radius 2 is 1.69 bits per heavy atom. The molecule has 0 N–H and O–H groups in total. The highest BCUT2D eigenvalue weighted by Gasteiger charge is 2.10. The number of benzene rings is 1. The van der Waals surface area contributed by atoms with E-state index in [0.717, 1.165) is 5.56 Å². The number of nitrogens with zero attached hydrogens (tertiary/aromatic N) is 1. The Morgan fingerprint density at radius 1 is 1.06 bits per heavy atom. The first-order valence-electron chi connectivity index (χ1n) is 4.98. The molecule has 16 heavy (non-hydrogen) atoms. The molecule has 0 bridgehead atoms. The number of hydrogen-bond donors (Lipinski definition) is 0. The zero-order chi connectivity index (χ0) is 11.4. The lowest BCUT2D eigenvalue weighted by Gasteiger charge is -1.97. The van der Waals surface area contributed by atoms with Crippen LogP contribution in [0.25, 0.3) is 0 Å². The van der Waals surface area contributed by atoms with E-state index in [-0.39, 0.29) is 5.78 Å². The van der Waals surface area contributed by atoms with Crippen molar-refractivity contribution in [2.45, 2.75) is 6.54 Å². The van der Waals surface area contributed by atoms with Crippen LogP contribution in [0, 0.1) is 3.57 Å². The van der Waals surface area contributed by atoms with Gasteiger partial charge in [-0.3, -0.25) is 4.79 Å². The van der Waals surface area contributed by atoms with Crippen molar-refractivity contribution >= 4 is 28.4 Å². The molecule has 0 aliphatic heterocycles. The number of aromatic nitrogens is 1. The summed E-state index contributed by atoms with van der Waals surface area (Å²) in [5, 5.41) is 0. The van der Waals surface area contributed by atoms with E-state index in [4.69, 9.17) is 0 Å². The highest BCUT2D eigenvalue weighted by atomic mass is 127. The second kappa shape index (κ2) is 5.21. The molecule has 1 heterocycles. The van der Waals surface area contributed by atoms with Crippen LogP contribution in [-0.2, 0) is 6.54 Å². The number of hydrogen-bond acceptors (Lipinski definition) is 1. The summed E-state index contributed by atoms with van der Waals surface area (Å²) in [4.78, 5) is 11.9. The first kappa shape index (κ1) is 11.3. The van der Waals surface area contributed by atoms with Crippen LogP contribution >= 0.6 is 22.6 Å². The Kier molecular flexibility index (Phi) is 3.66. The molecular formula is C13H11INO+. The summed E-state index contributed by atoms with van der Waals surface area (Å²) < 4.78 is 3.05. The van der Waals surface area contributed by atoms with Gasteiger partial charge in [-0.1, -0.05) is 30.3 Å². The van der Waals surface area contributed by atoms with Gasteiger partial charge in [0.15, 0.2) is 12.4 Å². The number of rotatable bonds is 3. The molecule has 0 fully saturated rings. The van der Waals surface area contributed by atoms with E-state index in [0.29, 0.717) is 6.54 Å². The molecule has 80 valence electrons. The van der Waals surface area contributed by atoms with Crippen LogP contribution in [0.3, 0.4) is 0 Å². The fraction of sp³-hybridized carbons (Fsp3) is 0.0769. The van der Waals surface area contributed by atoms with Crippen molar-refractivity contribution in [3.8, 4) is 0 Å². The second-order valence-electron chi connectivity index (χ2n) is 3.48. The SMILES string of the molecule is O=C(C[n+]1ccc(I)cc1)c1ccccc1. The summed E-state index contributed by atoms with van der Waals surface area (Å²) >= 11 is 2.24. The highest BCUT2D eigenvalue weighted by Crippen LogP contribution is 2.01. The monoisotopic (exact) mass is 324 g/mol. The topological polar surface area (TPSA) is 20.9 Å². The van der Waals surface area contributed by atoms with Crippen LogP contribution in [0.1, 0.15) is 10.4 Å². The molecule has 2 rings (SSSR count). The number of halogens is 1. The molecule has 1 aromatic heterocycles. The lowest BCUT2D eigenvalue weighted by atomic mass is 10.1. The van der Waals surface area contributed by atoms with Gasteiger partial charge >= 0.3 is 0 Å². The molecule has 0 aliphatic rings. The molecule has 2 aromatic rings. The Balaban J connectivity index is 2.11. The minimum absolute atomic E-state index is 0.131. The Labute approximate surface area is 108 Å². The largest absolute Gasteiger partial charge is 0.287 e. The first-order chi connectivity index (χ1) is 7.75. The molecule has 0 atom stereocenters. The second-order valence-corrected chi connectivity index (χ2v) is 4.72. The molecule has 1 aromatic carbocycles. The average Bonchev–Trinajstić information content (AvgIpc) is 2.33. The third kappa shape index (κ3) is 2.88. The van der Waals surface area contributed by atoms with Gasteiger partial charge in [0.2, 0.25) is 12.3 Å². The van der Waals surface area contributed by atoms with Gasteiger partial charge < -0.3 is 0 Å². The fourth-order valence-electron chi connectivity index (χ4n) is 1.43. The molecule has 0 saturated heterocycles. The summed E-state index contributed by atoms with van der Waals surface area (Å²) in [6.07, 6.45) is 3.84. The molecule has 0 saturated carbocycles.